The van der Waals surface area contributed by atoms with E-state index in [1.165, 1.54) is 6.92 Å². The van der Waals surface area contributed by atoms with Crippen LogP contribution in [0.4, 0.5) is 0 Å². The molecule has 0 aliphatic heterocycles. The van der Waals surface area contributed by atoms with E-state index in [1.807, 2.05) is 61.5 Å². The Labute approximate surface area is 143 Å². The van der Waals surface area contributed by atoms with Crippen molar-refractivity contribution < 1.29 is 9.59 Å². The number of carbonyl (C=O) groups excluding carboxylic acids is 2. The highest BCUT2D eigenvalue weighted by molar-refractivity contribution is 5.83. The van der Waals surface area contributed by atoms with Gasteiger partial charge in [0.25, 0.3) is 0 Å². The van der Waals surface area contributed by atoms with Crippen molar-refractivity contribution in [2.75, 3.05) is 13.6 Å². The molecule has 0 saturated carbocycles. The number of likely N-dealkylation sites (N-methyl/N-ethyl adjacent to an activating group) is 1. The average Bonchev–Trinajstić information content (AvgIpc) is 2.55. The zero-order valence-electron chi connectivity index (χ0n) is 14.5. The number of aryl methyl sites for hydroxylation is 1. The van der Waals surface area contributed by atoms with Crippen LogP contribution < -0.4 is 0 Å². The van der Waals surface area contributed by atoms with E-state index in [4.69, 9.17) is 0 Å². The Bertz CT molecular complexity index is 698. The number of hydrogen-bond acceptors (Lipinski definition) is 2. The van der Waals surface area contributed by atoms with Crippen LogP contribution in [0.3, 0.4) is 0 Å². The molecule has 2 aromatic rings. The van der Waals surface area contributed by atoms with E-state index in [0.717, 1.165) is 16.7 Å². The predicted octanol–water partition coefficient (Wildman–Crippen LogP) is 3.00. The molecule has 0 N–H and O–H groups in total. The second-order valence-electron chi connectivity index (χ2n) is 6.10. The van der Waals surface area contributed by atoms with Gasteiger partial charge in [-0.15, -0.1) is 0 Å². The SMILES string of the molecule is CC(=O)N(CC(=O)N(C)Cc1ccccc1)Cc1cccc(C)c1. The highest BCUT2D eigenvalue weighted by atomic mass is 16.2. The standard InChI is InChI=1S/C20H24N2O2/c1-16-8-7-11-19(12-16)14-22(17(2)23)15-20(24)21(3)13-18-9-5-4-6-10-18/h4-12H,13-15H2,1-3H3. The van der Waals surface area contributed by atoms with Gasteiger partial charge >= 0.3 is 0 Å². The van der Waals surface area contributed by atoms with Crippen LogP contribution >= 0.6 is 0 Å². The Balaban J connectivity index is 1.99. The largest absolute Gasteiger partial charge is 0.340 e. The molecule has 0 radical (unpaired) electrons. The van der Waals surface area contributed by atoms with Gasteiger partial charge in [0.15, 0.2) is 0 Å². The first-order chi connectivity index (χ1) is 11.5. The summed E-state index contributed by atoms with van der Waals surface area (Å²) in [5, 5.41) is 0. The molecule has 2 rings (SSSR count). The first-order valence-electron chi connectivity index (χ1n) is 8.04. The van der Waals surface area contributed by atoms with Crippen LogP contribution in [0.1, 0.15) is 23.6 Å². The molecule has 126 valence electrons. The van der Waals surface area contributed by atoms with Crippen molar-refractivity contribution in [3.05, 3.63) is 71.3 Å². The third-order valence-electron chi connectivity index (χ3n) is 3.92. The molecule has 0 bridgehead atoms. The lowest BCUT2D eigenvalue weighted by Crippen LogP contribution is -2.40. The smallest absolute Gasteiger partial charge is 0.242 e. The Morgan fingerprint density at radius 1 is 0.917 bits per heavy atom. The van der Waals surface area contributed by atoms with Crippen molar-refractivity contribution in [1.29, 1.82) is 0 Å². The normalized spacial score (nSPS) is 10.3. The quantitative estimate of drug-likeness (QED) is 0.819. The van der Waals surface area contributed by atoms with Gasteiger partial charge < -0.3 is 9.80 Å². The van der Waals surface area contributed by atoms with Crippen LogP contribution in [0.15, 0.2) is 54.6 Å². The zero-order chi connectivity index (χ0) is 17.5. The van der Waals surface area contributed by atoms with Gasteiger partial charge in [0.1, 0.15) is 6.54 Å². The van der Waals surface area contributed by atoms with Crippen molar-refractivity contribution in [1.82, 2.24) is 9.80 Å². The molecule has 0 aliphatic rings. The fraction of sp³-hybridized carbons (Fsp3) is 0.300. The molecule has 2 amide bonds. The van der Waals surface area contributed by atoms with Crippen molar-refractivity contribution in [2.24, 2.45) is 0 Å². The third kappa shape index (κ3) is 5.23. The van der Waals surface area contributed by atoms with Gasteiger partial charge in [-0.3, -0.25) is 9.59 Å². The molecule has 4 heteroatoms. The van der Waals surface area contributed by atoms with E-state index in [2.05, 4.69) is 0 Å². The highest BCUT2D eigenvalue weighted by Crippen LogP contribution is 2.09. The topological polar surface area (TPSA) is 40.6 Å². The van der Waals surface area contributed by atoms with Crippen molar-refractivity contribution in [3.63, 3.8) is 0 Å². The van der Waals surface area contributed by atoms with E-state index >= 15 is 0 Å². The molecule has 2 aromatic carbocycles. The Morgan fingerprint density at radius 2 is 1.58 bits per heavy atom. The van der Waals surface area contributed by atoms with Gasteiger partial charge in [0.2, 0.25) is 11.8 Å². The lowest BCUT2D eigenvalue weighted by Gasteiger charge is -2.24. The van der Waals surface area contributed by atoms with Gasteiger partial charge in [0.05, 0.1) is 0 Å². The summed E-state index contributed by atoms with van der Waals surface area (Å²) in [6, 6.07) is 17.8. The van der Waals surface area contributed by atoms with Crippen LogP contribution in [0.25, 0.3) is 0 Å². The summed E-state index contributed by atoms with van der Waals surface area (Å²) in [5.41, 5.74) is 3.24. The molecular formula is C20H24N2O2. The minimum Gasteiger partial charge on any atom is -0.340 e. The molecule has 0 atom stereocenters. The molecule has 0 spiro atoms. The van der Waals surface area contributed by atoms with Crippen molar-refractivity contribution in [3.8, 4) is 0 Å². The number of rotatable bonds is 6. The highest BCUT2D eigenvalue weighted by Gasteiger charge is 2.17. The van der Waals surface area contributed by atoms with E-state index in [1.54, 1.807) is 16.8 Å². The Kier molecular flexibility index (Phi) is 6.13. The minimum absolute atomic E-state index is 0.0679. The minimum atomic E-state index is -0.0991. The first-order valence-corrected chi connectivity index (χ1v) is 8.04. The monoisotopic (exact) mass is 324 g/mol. The maximum atomic E-state index is 12.5. The Hall–Kier alpha value is -2.62. The van der Waals surface area contributed by atoms with Crippen LogP contribution in [-0.4, -0.2) is 35.2 Å². The van der Waals surface area contributed by atoms with E-state index in [0.29, 0.717) is 13.1 Å². The predicted molar refractivity (Wildman–Crippen MR) is 95.2 cm³/mol. The average molecular weight is 324 g/mol. The fourth-order valence-corrected chi connectivity index (χ4v) is 2.54. The summed E-state index contributed by atoms with van der Waals surface area (Å²) in [5.74, 6) is -0.167. The van der Waals surface area contributed by atoms with Crippen molar-refractivity contribution in [2.45, 2.75) is 26.9 Å². The molecule has 4 nitrogen and oxygen atoms in total. The van der Waals surface area contributed by atoms with Gasteiger partial charge in [0, 0.05) is 27.1 Å². The maximum Gasteiger partial charge on any atom is 0.242 e. The van der Waals surface area contributed by atoms with Crippen LogP contribution in [-0.2, 0) is 22.7 Å². The van der Waals surface area contributed by atoms with Gasteiger partial charge in [-0.1, -0.05) is 60.2 Å². The van der Waals surface area contributed by atoms with Crippen LogP contribution in [0.5, 0.6) is 0 Å². The molecule has 0 aliphatic carbocycles. The number of amides is 2. The summed E-state index contributed by atoms with van der Waals surface area (Å²) in [6.07, 6.45) is 0. The molecular weight excluding hydrogens is 300 g/mol. The van der Waals surface area contributed by atoms with Crippen LogP contribution in [0, 0.1) is 6.92 Å². The summed E-state index contributed by atoms with van der Waals surface area (Å²) >= 11 is 0. The third-order valence-corrected chi connectivity index (χ3v) is 3.92. The maximum absolute atomic E-state index is 12.5. The van der Waals surface area contributed by atoms with Gasteiger partial charge in [-0.25, -0.2) is 0 Å². The van der Waals surface area contributed by atoms with E-state index in [-0.39, 0.29) is 18.4 Å². The summed E-state index contributed by atoms with van der Waals surface area (Å²) < 4.78 is 0. The summed E-state index contributed by atoms with van der Waals surface area (Å²) in [4.78, 5) is 27.6. The molecule has 0 unspecified atom stereocenters. The Morgan fingerprint density at radius 3 is 2.21 bits per heavy atom. The van der Waals surface area contributed by atoms with Crippen molar-refractivity contribution >= 4 is 11.8 Å². The van der Waals surface area contributed by atoms with Gasteiger partial charge in [-0.2, -0.15) is 0 Å². The molecule has 24 heavy (non-hydrogen) atoms. The number of benzene rings is 2. The molecule has 0 fully saturated rings. The molecule has 0 aromatic heterocycles. The summed E-state index contributed by atoms with van der Waals surface area (Å²) in [7, 11) is 1.76. The molecule has 0 heterocycles. The number of carbonyl (C=O) groups is 2. The van der Waals surface area contributed by atoms with Gasteiger partial charge in [-0.05, 0) is 18.1 Å². The second kappa shape index (κ2) is 8.29. The first kappa shape index (κ1) is 17.7. The molecule has 0 saturated heterocycles. The summed E-state index contributed by atoms with van der Waals surface area (Å²) in [6.45, 7) is 4.59. The number of hydrogen-bond donors (Lipinski definition) is 0. The zero-order valence-corrected chi connectivity index (χ0v) is 14.5. The lowest BCUT2D eigenvalue weighted by atomic mass is 10.1. The van der Waals surface area contributed by atoms with Crippen LogP contribution in [0.2, 0.25) is 0 Å². The number of nitrogens with zero attached hydrogens (tertiary/aromatic N) is 2. The second-order valence-corrected chi connectivity index (χ2v) is 6.10. The lowest BCUT2D eigenvalue weighted by molar-refractivity contribution is -0.139. The van der Waals surface area contributed by atoms with E-state index in [9.17, 15) is 9.59 Å². The fourth-order valence-electron chi connectivity index (χ4n) is 2.54. The van der Waals surface area contributed by atoms with E-state index < -0.39 is 0 Å².